The lowest BCUT2D eigenvalue weighted by Crippen LogP contribution is -2.37. The fourth-order valence-corrected chi connectivity index (χ4v) is 10.5. The van der Waals surface area contributed by atoms with Gasteiger partial charge in [-0.3, -0.25) is 0 Å². The van der Waals surface area contributed by atoms with Gasteiger partial charge in [-0.15, -0.1) is 15.0 Å². The van der Waals surface area contributed by atoms with Crippen LogP contribution in [-0.2, 0) is 4.74 Å². The minimum atomic E-state index is -2.67. The number of tetrazole rings is 1. The lowest BCUT2D eigenvalue weighted by molar-refractivity contribution is 0.102. The van der Waals surface area contributed by atoms with Gasteiger partial charge in [0.15, 0.2) is 11.4 Å². The third-order valence-corrected chi connectivity index (χ3v) is 12.1. The Balaban J connectivity index is 1.74. The molecule has 1 atom stereocenters. The molecule has 6 aromatic rings. The molecule has 0 spiro atoms. The molecule has 0 saturated heterocycles. The second-order valence-electron chi connectivity index (χ2n) is 9.93. The van der Waals surface area contributed by atoms with Crippen molar-refractivity contribution in [2.75, 3.05) is 6.61 Å². The van der Waals surface area contributed by atoms with Crippen LogP contribution in [0.2, 0.25) is 0 Å². The summed E-state index contributed by atoms with van der Waals surface area (Å²) in [5.74, 6) is 0.220. The summed E-state index contributed by atoms with van der Waals surface area (Å²) >= 11 is 0. The number of rotatable bonds is 10. The van der Waals surface area contributed by atoms with E-state index in [0.29, 0.717) is 11.5 Å². The fourth-order valence-electron chi connectivity index (χ4n) is 5.63. The summed E-state index contributed by atoms with van der Waals surface area (Å²) < 4.78 is 5.90. The molecule has 1 heterocycles. The Hall–Kier alpha value is -5.06. The van der Waals surface area contributed by atoms with Crippen LogP contribution < -0.4 is 15.9 Å². The van der Waals surface area contributed by atoms with Crippen LogP contribution in [0.4, 0.5) is 0 Å². The number of ether oxygens (including phenoxy) is 1. The summed E-state index contributed by atoms with van der Waals surface area (Å²) in [4.78, 5) is 1.45. The summed E-state index contributed by atoms with van der Waals surface area (Å²) in [6, 6.07) is 51.6. The number of nitrogens with zero attached hydrogens (tertiary/aromatic N) is 4. The number of aliphatic hydroxyl groups excluding tert-OH is 1. The van der Waals surface area contributed by atoms with E-state index in [9.17, 15) is 5.11 Å². The third kappa shape index (κ3) is 5.45. The lowest BCUT2D eigenvalue weighted by Gasteiger charge is -2.35. The van der Waals surface area contributed by atoms with Crippen molar-refractivity contribution < 1.29 is 9.84 Å². The zero-order chi connectivity index (χ0) is 29.5. The average molecular weight is 584 g/mol. The van der Waals surface area contributed by atoms with Crippen molar-refractivity contribution in [3.05, 3.63) is 163 Å². The zero-order valence-corrected chi connectivity index (χ0v) is 24.7. The Morgan fingerprint density at radius 3 is 1.58 bits per heavy atom. The summed E-state index contributed by atoms with van der Waals surface area (Å²) in [5.41, 5.74) is 1.79. The summed E-state index contributed by atoms with van der Waals surface area (Å²) in [7, 11) is -2.67. The standard InChI is InChI=1S/C36H31N4O2P/c1-2-42-36(41)33(40-38-35(37-39-40)29-20-10-4-11-21-29)34(28-18-8-3-9-19-28)43(30-22-12-5-13-23-30,31-24-14-6-15-25-31)32-26-16-7-17-27-32/h3-27,34H,2H2,1H3/p+1/b36-33-. The molecule has 0 saturated carbocycles. The molecule has 6 nitrogen and oxygen atoms in total. The smallest absolute Gasteiger partial charge is 0.305 e. The van der Waals surface area contributed by atoms with E-state index < -0.39 is 12.9 Å². The quantitative estimate of drug-likeness (QED) is 0.142. The molecule has 43 heavy (non-hydrogen) atoms. The van der Waals surface area contributed by atoms with Crippen LogP contribution in [0.15, 0.2) is 158 Å². The van der Waals surface area contributed by atoms with E-state index in [1.54, 1.807) is 0 Å². The fraction of sp³-hybridized carbons (Fsp3) is 0.0833. The van der Waals surface area contributed by atoms with E-state index in [4.69, 9.17) is 9.84 Å². The Morgan fingerprint density at radius 1 is 0.674 bits per heavy atom. The van der Waals surface area contributed by atoms with Gasteiger partial charge < -0.3 is 9.84 Å². The summed E-state index contributed by atoms with van der Waals surface area (Å²) in [5, 5.41) is 29.1. The van der Waals surface area contributed by atoms with Crippen LogP contribution in [0.1, 0.15) is 18.1 Å². The molecule has 0 aliphatic rings. The summed E-state index contributed by atoms with van der Waals surface area (Å²) in [6.45, 7) is 2.12. The van der Waals surface area contributed by atoms with Crippen molar-refractivity contribution in [3.63, 3.8) is 0 Å². The molecule has 1 N–H and O–H groups in total. The minimum Gasteiger partial charge on any atom is -0.479 e. The van der Waals surface area contributed by atoms with Crippen LogP contribution in [0.25, 0.3) is 17.1 Å². The molecule has 0 amide bonds. The molecule has 6 rings (SSSR count). The first-order valence-corrected chi connectivity index (χ1v) is 16.1. The normalized spacial score (nSPS) is 12.8. The number of benzene rings is 5. The Kier molecular flexibility index (Phi) is 8.39. The first-order valence-electron chi connectivity index (χ1n) is 14.3. The first-order chi connectivity index (χ1) is 21.2. The maximum atomic E-state index is 11.8. The largest absolute Gasteiger partial charge is 0.479 e. The topological polar surface area (TPSA) is 73.1 Å². The highest BCUT2D eigenvalue weighted by Gasteiger charge is 2.57. The van der Waals surface area contributed by atoms with Gasteiger partial charge >= 0.3 is 5.95 Å². The summed E-state index contributed by atoms with van der Waals surface area (Å²) in [6.07, 6.45) is 0. The molecular weight excluding hydrogens is 551 g/mol. The van der Waals surface area contributed by atoms with Gasteiger partial charge in [0.1, 0.15) is 23.2 Å². The van der Waals surface area contributed by atoms with Gasteiger partial charge in [0.05, 0.1) is 6.61 Å². The van der Waals surface area contributed by atoms with Gasteiger partial charge in [0.25, 0.3) is 0 Å². The molecule has 5 aromatic carbocycles. The van der Waals surface area contributed by atoms with Gasteiger partial charge in [-0.25, -0.2) is 0 Å². The van der Waals surface area contributed by atoms with E-state index >= 15 is 0 Å². The van der Waals surface area contributed by atoms with Crippen LogP contribution in [0.5, 0.6) is 0 Å². The van der Waals surface area contributed by atoms with E-state index in [1.165, 1.54) is 4.80 Å². The van der Waals surface area contributed by atoms with Crippen LogP contribution in [-0.4, -0.2) is 31.9 Å². The van der Waals surface area contributed by atoms with Gasteiger partial charge in [-0.2, -0.15) is 0 Å². The van der Waals surface area contributed by atoms with Gasteiger partial charge in [-0.1, -0.05) is 115 Å². The Bertz CT molecular complexity index is 1680. The maximum absolute atomic E-state index is 11.8. The van der Waals surface area contributed by atoms with E-state index in [0.717, 1.165) is 27.0 Å². The average Bonchev–Trinajstić information content (AvgIpc) is 3.57. The molecule has 7 heteroatoms. The number of allylic oxidation sites excluding steroid dienone is 1. The zero-order valence-electron chi connectivity index (χ0n) is 23.8. The SMILES string of the molecule is CCO/C(O)=C(/C(c1ccccc1)[P+](c1ccccc1)(c1ccccc1)c1ccccc1)n1nnc(-c2ccccc2)n1. The molecular formula is C36H32N4O2P+. The van der Waals surface area contributed by atoms with E-state index in [-0.39, 0.29) is 12.6 Å². The van der Waals surface area contributed by atoms with Crippen molar-refractivity contribution in [1.29, 1.82) is 0 Å². The van der Waals surface area contributed by atoms with Crippen LogP contribution >= 0.6 is 7.26 Å². The minimum absolute atomic E-state index is 0.236. The van der Waals surface area contributed by atoms with Crippen molar-refractivity contribution in [1.82, 2.24) is 20.2 Å². The molecule has 0 bridgehead atoms. The number of hydrogen-bond donors (Lipinski definition) is 1. The first kappa shape index (κ1) is 28.1. The third-order valence-electron chi connectivity index (χ3n) is 7.41. The molecule has 212 valence electrons. The number of aliphatic hydroxyl groups is 1. The van der Waals surface area contributed by atoms with Crippen molar-refractivity contribution in [3.8, 4) is 11.4 Å². The van der Waals surface area contributed by atoms with Gasteiger partial charge in [0, 0.05) is 5.56 Å². The van der Waals surface area contributed by atoms with Gasteiger partial charge in [0.2, 0.25) is 5.82 Å². The molecule has 0 aliphatic heterocycles. The highest BCUT2D eigenvalue weighted by molar-refractivity contribution is 7.96. The van der Waals surface area contributed by atoms with Gasteiger partial charge in [-0.05, 0) is 54.1 Å². The highest BCUT2D eigenvalue weighted by Crippen LogP contribution is 2.70. The predicted molar refractivity (Wildman–Crippen MR) is 175 cm³/mol. The Labute approximate surface area is 252 Å². The van der Waals surface area contributed by atoms with Crippen LogP contribution in [0, 0.1) is 0 Å². The molecule has 0 fully saturated rings. The Morgan fingerprint density at radius 2 is 1.12 bits per heavy atom. The number of hydrogen-bond acceptors (Lipinski definition) is 5. The molecule has 1 aromatic heterocycles. The van der Waals surface area contributed by atoms with Crippen LogP contribution in [0.3, 0.4) is 0 Å². The molecule has 0 aliphatic carbocycles. The highest BCUT2D eigenvalue weighted by atomic mass is 31.2. The molecule has 1 unspecified atom stereocenters. The maximum Gasteiger partial charge on any atom is 0.305 e. The van der Waals surface area contributed by atoms with Crippen molar-refractivity contribution in [2.45, 2.75) is 12.6 Å². The monoisotopic (exact) mass is 583 g/mol. The second kappa shape index (κ2) is 12.8. The molecule has 0 radical (unpaired) electrons. The lowest BCUT2D eigenvalue weighted by atomic mass is 10.1. The second-order valence-corrected chi connectivity index (χ2v) is 13.4. The predicted octanol–water partition coefficient (Wildman–Crippen LogP) is 6.80. The van der Waals surface area contributed by atoms with Crippen molar-refractivity contribution >= 4 is 28.9 Å². The van der Waals surface area contributed by atoms with E-state index in [2.05, 4.69) is 95.2 Å². The number of aromatic nitrogens is 4. The van der Waals surface area contributed by atoms with E-state index in [1.807, 2.05) is 73.7 Å². The van der Waals surface area contributed by atoms with Crippen molar-refractivity contribution in [2.24, 2.45) is 0 Å².